The highest BCUT2D eigenvalue weighted by Crippen LogP contribution is 2.32. The quantitative estimate of drug-likeness (QED) is 0.385. The van der Waals surface area contributed by atoms with E-state index in [1.165, 1.54) is 27.7 Å². The van der Waals surface area contributed by atoms with E-state index in [0.29, 0.717) is 0 Å². The molecule has 0 amide bonds. The molecule has 4 heterocycles. The average molecular weight is 466 g/mol. The molecule has 4 aromatic rings. The van der Waals surface area contributed by atoms with E-state index in [4.69, 9.17) is 9.84 Å². The zero-order chi connectivity index (χ0) is 23.6. The van der Waals surface area contributed by atoms with Crippen molar-refractivity contribution in [1.29, 1.82) is 0 Å². The number of imidazole rings is 2. The number of H-pyrrole nitrogens is 1. The first kappa shape index (κ1) is 21.7. The number of carboxylic acid groups (broad SMARTS) is 1. The first-order valence-corrected chi connectivity index (χ1v) is 9.09. The number of nitrogens with zero attached hydrogens (tertiary/aromatic N) is 7. The molecule has 0 fully saturated rings. The number of carbonyl (C=O) groups is 2. The van der Waals surface area contributed by atoms with Crippen molar-refractivity contribution in [2.24, 2.45) is 0 Å². The van der Waals surface area contributed by atoms with Gasteiger partial charge in [0.15, 0.2) is 6.73 Å². The van der Waals surface area contributed by atoms with Crippen LogP contribution in [0.5, 0.6) is 0 Å². The molecule has 0 bridgehead atoms. The van der Waals surface area contributed by atoms with Gasteiger partial charge in [0.1, 0.15) is 23.7 Å². The minimum absolute atomic E-state index is 0.000279. The fourth-order valence-corrected chi connectivity index (χ4v) is 2.73. The molecule has 0 aliphatic heterocycles. The number of carboxylic acids is 1. The van der Waals surface area contributed by atoms with E-state index in [1.807, 2.05) is 5.10 Å². The Balaban J connectivity index is 1.59. The molecular formula is C17H13F3N8O5. The topological polar surface area (TPSA) is 162 Å². The summed E-state index contributed by atoms with van der Waals surface area (Å²) in [5.41, 5.74) is 0.514. The molecule has 0 aliphatic carbocycles. The van der Waals surface area contributed by atoms with Gasteiger partial charge in [-0.15, -0.1) is 0 Å². The van der Waals surface area contributed by atoms with Crippen LogP contribution in [-0.2, 0) is 27.2 Å². The number of hydrogen-bond donors (Lipinski definition) is 2. The van der Waals surface area contributed by atoms with Crippen LogP contribution in [0.2, 0.25) is 0 Å². The van der Waals surface area contributed by atoms with Gasteiger partial charge < -0.3 is 19.1 Å². The van der Waals surface area contributed by atoms with Crippen LogP contribution in [0.1, 0.15) is 12.2 Å². The summed E-state index contributed by atoms with van der Waals surface area (Å²) in [6.07, 6.45) is -0.377. The van der Waals surface area contributed by atoms with Crippen LogP contribution in [0.4, 0.5) is 18.0 Å². The maximum Gasteiger partial charge on any atom is 0.510 e. The van der Waals surface area contributed by atoms with Crippen molar-refractivity contribution >= 4 is 17.9 Å². The van der Waals surface area contributed by atoms with Crippen molar-refractivity contribution in [3.8, 4) is 22.9 Å². The lowest BCUT2D eigenvalue weighted by Gasteiger charge is -2.05. The van der Waals surface area contributed by atoms with Gasteiger partial charge in [0.25, 0.3) is 0 Å². The fourth-order valence-electron chi connectivity index (χ4n) is 2.73. The highest BCUT2D eigenvalue weighted by Gasteiger charge is 2.36. The Labute approximate surface area is 180 Å². The second kappa shape index (κ2) is 8.56. The molecule has 0 spiro atoms. The van der Waals surface area contributed by atoms with Gasteiger partial charge in [0.2, 0.25) is 17.4 Å². The van der Waals surface area contributed by atoms with Gasteiger partial charge in [-0.1, -0.05) is 0 Å². The summed E-state index contributed by atoms with van der Waals surface area (Å²) in [6.45, 7) is -0.666. The summed E-state index contributed by atoms with van der Waals surface area (Å²) >= 11 is 0. The third-order valence-electron chi connectivity index (χ3n) is 4.11. The molecule has 13 nitrogen and oxygen atoms in total. The second-order valence-corrected chi connectivity index (χ2v) is 6.39. The van der Waals surface area contributed by atoms with E-state index in [9.17, 15) is 22.8 Å². The minimum atomic E-state index is -4.72. The lowest BCUT2D eigenvalue weighted by atomic mass is 10.2. The average Bonchev–Trinajstić information content (AvgIpc) is 3.48. The van der Waals surface area contributed by atoms with Crippen molar-refractivity contribution in [2.45, 2.75) is 19.3 Å². The SMILES string of the molecule is O=C(O)CCOC(=O)OCn1cnc(-c2c(-c3n[nH]c(C(F)(F)F)n3)nc3ncccn23)c1. The fraction of sp³-hybridized carbons (Fsp3) is 0.235. The van der Waals surface area contributed by atoms with E-state index in [1.54, 1.807) is 12.3 Å². The van der Waals surface area contributed by atoms with Crippen LogP contribution in [0, 0.1) is 0 Å². The number of alkyl halides is 3. The van der Waals surface area contributed by atoms with Crippen molar-refractivity contribution < 1.29 is 37.3 Å². The first-order valence-electron chi connectivity index (χ1n) is 9.09. The van der Waals surface area contributed by atoms with Gasteiger partial charge in [-0.05, 0) is 6.07 Å². The molecule has 0 radical (unpaired) electrons. The van der Waals surface area contributed by atoms with E-state index in [-0.39, 0.29) is 48.4 Å². The predicted molar refractivity (Wildman–Crippen MR) is 99.3 cm³/mol. The van der Waals surface area contributed by atoms with Crippen LogP contribution >= 0.6 is 0 Å². The molecular weight excluding hydrogens is 453 g/mol. The van der Waals surface area contributed by atoms with E-state index < -0.39 is 24.1 Å². The van der Waals surface area contributed by atoms with Crippen LogP contribution < -0.4 is 0 Å². The number of nitrogens with one attached hydrogen (secondary N) is 1. The predicted octanol–water partition coefficient (Wildman–Crippen LogP) is 1.98. The van der Waals surface area contributed by atoms with E-state index in [2.05, 4.69) is 29.8 Å². The van der Waals surface area contributed by atoms with Gasteiger partial charge in [-0.3, -0.25) is 14.3 Å². The molecule has 0 aromatic carbocycles. The number of aliphatic carboxylic acids is 1. The standard InChI is InChI=1S/C17H13F3N8O5/c18-17(19,20)14-24-13(25-26-14)11-12(28-4-1-3-21-15(28)23-11)9-6-27(7-22-9)8-33-16(31)32-5-2-10(29)30/h1,3-4,6-7H,2,5,8H2,(H,29,30)(H,24,25,26). The Kier molecular flexibility index (Phi) is 5.63. The molecule has 0 atom stereocenters. The number of hydrogen-bond acceptors (Lipinski definition) is 9. The van der Waals surface area contributed by atoms with Crippen LogP contribution in [0.3, 0.4) is 0 Å². The number of aromatic amines is 1. The van der Waals surface area contributed by atoms with Gasteiger partial charge >= 0.3 is 18.3 Å². The summed E-state index contributed by atoms with van der Waals surface area (Å²) in [6, 6.07) is 1.59. The van der Waals surface area contributed by atoms with Crippen LogP contribution in [0.15, 0.2) is 31.0 Å². The number of aromatic nitrogens is 8. The Bertz CT molecular complexity index is 1310. The number of ether oxygens (including phenoxy) is 2. The molecule has 172 valence electrons. The first-order chi connectivity index (χ1) is 15.7. The maximum absolute atomic E-state index is 12.9. The summed E-state index contributed by atoms with van der Waals surface area (Å²) in [7, 11) is 0. The molecule has 0 aliphatic rings. The number of rotatable bonds is 7. The third-order valence-corrected chi connectivity index (χ3v) is 4.11. The zero-order valence-electron chi connectivity index (χ0n) is 16.4. The molecule has 0 saturated heterocycles. The smallest absolute Gasteiger partial charge is 0.481 e. The molecule has 2 N–H and O–H groups in total. The Morgan fingerprint density at radius 1 is 1.18 bits per heavy atom. The molecule has 0 saturated carbocycles. The van der Waals surface area contributed by atoms with Crippen molar-refractivity contribution in [3.63, 3.8) is 0 Å². The number of fused-ring (bicyclic) bond motifs is 1. The second-order valence-electron chi connectivity index (χ2n) is 6.39. The summed E-state index contributed by atoms with van der Waals surface area (Å²) in [4.78, 5) is 37.9. The van der Waals surface area contributed by atoms with Crippen molar-refractivity contribution in [2.75, 3.05) is 6.61 Å². The Morgan fingerprint density at radius 3 is 2.73 bits per heavy atom. The largest absolute Gasteiger partial charge is 0.510 e. The molecule has 16 heteroatoms. The van der Waals surface area contributed by atoms with Gasteiger partial charge in [0, 0.05) is 18.6 Å². The van der Waals surface area contributed by atoms with Gasteiger partial charge in [0.05, 0.1) is 12.7 Å². The summed E-state index contributed by atoms with van der Waals surface area (Å²) < 4.78 is 51.2. The monoisotopic (exact) mass is 466 g/mol. The number of carbonyl (C=O) groups excluding carboxylic acids is 1. The summed E-state index contributed by atoms with van der Waals surface area (Å²) in [5, 5.41) is 14.0. The van der Waals surface area contributed by atoms with Crippen LogP contribution in [-0.4, -0.2) is 62.9 Å². The Morgan fingerprint density at radius 2 is 2.00 bits per heavy atom. The van der Waals surface area contributed by atoms with Crippen molar-refractivity contribution in [3.05, 3.63) is 36.8 Å². The maximum atomic E-state index is 12.9. The van der Waals surface area contributed by atoms with E-state index >= 15 is 0 Å². The van der Waals surface area contributed by atoms with Gasteiger partial charge in [-0.2, -0.15) is 18.3 Å². The lowest BCUT2D eigenvalue weighted by Crippen LogP contribution is -2.12. The molecule has 4 aromatic heterocycles. The molecule has 4 rings (SSSR count). The van der Waals surface area contributed by atoms with E-state index in [0.717, 1.165) is 0 Å². The molecule has 0 unspecified atom stereocenters. The Hall–Kier alpha value is -4.50. The highest BCUT2D eigenvalue weighted by molar-refractivity contribution is 5.76. The van der Waals surface area contributed by atoms with Crippen molar-refractivity contribution in [1.82, 2.24) is 39.1 Å². The highest BCUT2D eigenvalue weighted by atomic mass is 19.4. The normalized spacial score (nSPS) is 11.6. The third kappa shape index (κ3) is 4.73. The minimum Gasteiger partial charge on any atom is -0.481 e. The zero-order valence-corrected chi connectivity index (χ0v) is 16.4. The summed E-state index contributed by atoms with van der Waals surface area (Å²) in [5.74, 6) is -2.55. The van der Waals surface area contributed by atoms with Crippen LogP contribution in [0.25, 0.3) is 28.7 Å². The molecule has 33 heavy (non-hydrogen) atoms. The lowest BCUT2D eigenvalue weighted by molar-refractivity contribution is -0.144. The number of halogens is 3. The van der Waals surface area contributed by atoms with Gasteiger partial charge in [-0.25, -0.2) is 24.7 Å².